The first-order valence-electron chi connectivity index (χ1n) is 7.01. The van der Waals surface area contributed by atoms with Gasteiger partial charge in [0.15, 0.2) is 0 Å². The van der Waals surface area contributed by atoms with Crippen molar-refractivity contribution in [1.29, 1.82) is 0 Å². The Balaban J connectivity index is 2.00. The number of hydrogen-bond donors (Lipinski definition) is 1. The van der Waals surface area contributed by atoms with E-state index in [9.17, 15) is 4.39 Å². The van der Waals surface area contributed by atoms with Crippen molar-refractivity contribution >= 4 is 15.9 Å². The summed E-state index contributed by atoms with van der Waals surface area (Å²) in [6.07, 6.45) is 1.65. The Morgan fingerprint density at radius 1 is 1.24 bits per heavy atom. The monoisotopic (exact) mass is 349 g/mol. The lowest BCUT2D eigenvalue weighted by molar-refractivity contribution is 0.215. The predicted octanol–water partition coefficient (Wildman–Crippen LogP) is 3.81. The van der Waals surface area contributed by atoms with Crippen molar-refractivity contribution < 1.29 is 9.13 Å². The van der Waals surface area contributed by atoms with Crippen LogP contribution in [0.4, 0.5) is 4.39 Å². The second kappa shape index (κ2) is 5.78. The number of halogens is 2. The van der Waals surface area contributed by atoms with Gasteiger partial charge in [0.2, 0.25) is 0 Å². The standard InChI is InChI=1S/C17H17BrFNO/c18-14-9-12(5-6-15(14)19)10-17(11-20)7-8-21-16-4-2-1-3-13(16)17/h1-6,9H,7-8,10-11,20H2. The van der Waals surface area contributed by atoms with Crippen LogP contribution in [-0.4, -0.2) is 13.2 Å². The van der Waals surface area contributed by atoms with Crippen LogP contribution < -0.4 is 10.5 Å². The van der Waals surface area contributed by atoms with E-state index in [1.807, 2.05) is 30.3 Å². The summed E-state index contributed by atoms with van der Waals surface area (Å²) in [7, 11) is 0. The normalized spacial score (nSPS) is 20.7. The maximum atomic E-state index is 13.4. The second-order valence-corrected chi connectivity index (χ2v) is 6.36. The molecule has 0 saturated heterocycles. The molecule has 1 aliphatic rings. The van der Waals surface area contributed by atoms with E-state index in [0.29, 0.717) is 17.6 Å². The van der Waals surface area contributed by atoms with Crippen LogP contribution in [0, 0.1) is 5.82 Å². The van der Waals surface area contributed by atoms with Gasteiger partial charge in [-0.15, -0.1) is 0 Å². The first kappa shape index (κ1) is 14.5. The molecule has 1 atom stereocenters. The molecule has 0 aromatic heterocycles. The Morgan fingerprint density at radius 2 is 2.05 bits per heavy atom. The second-order valence-electron chi connectivity index (χ2n) is 5.50. The molecule has 4 heteroatoms. The third kappa shape index (κ3) is 2.70. The maximum Gasteiger partial charge on any atom is 0.137 e. The Kier molecular flexibility index (Phi) is 4.00. The zero-order chi connectivity index (χ0) is 14.9. The molecule has 1 aliphatic heterocycles. The largest absolute Gasteiger partial charge is 0.493 e. The van der Waals surface area contributed by atoms with Gasteiger partial charge in [-0.3, -0.25) is 0 Å². The molecule has 0 saturated carbocycles. The zero-order valence-electron chi connectivity index (χ0n) is 11.6. The number of ether oxygens (including phenoxy) is 1. The van der Waals surface area contributed by atoms with Gasteiger partial charge in [0.05, 0.1) is 11.1 Å². The number of benzene rings is 2. The van der Waals surface area contributed by atoms with Crippen LogP contribution in [0.3, 0.4) is 0 Å². The lowest BCUT2D eigenvalue weighted by Gasteiger charge is -2.38. The quantitative estimate of drug-likeness (QED) is 0.914. The van der Waals surface area contributed by atoms with Crippen LogP contribution in [-0.2, 0) is 11.8 Å². The van der Waals surface area contributed by atoms with Gasteiger partial charge in [-0.05, 0) is 52.5 Å². The van der Waals surface area contributed by atoms with E-state index in [1.54, 1.807) is 0 Å². The molecular formula is C17H17BrFNO. The highest BCUT2D eigenvalue weighted by Gasteiger charge is 2.36. The van der Waals surface area contributed by atoms with Gasteiger partial charge in [-0.2, -0.15) is 0 Å². The molecule has 0 spiro atoms. The van der Waals surface area contributed by atoms with Gasteiger partial charge in [0, 0.05) is 17.5 Å². The van der Waals surface area contributed by atoms with E-state index >= 15 is 0 Å². The minimum absolute atomic E-state index is 0.147. The molecule has 0 fully saturated rings. The highest BCUT2D eigenvalue weighted by atomic mass is 79.9. The molecule has 1 heterocycles. The Morgan fingerprint density at radius 3 is 2.81 bits per heavy atom. The molecule has 2 nitrogen and oxygen atoms in total. The lowest BCUT2D eigenvalue weighted by Crippen LogP contribution is -2.41. The molecule has 0 bridgehead atoms. The fourth-order valence-electron chi connectivity index (χ4n) is 3.03. The van der Waals surface area contributed by atoms with Crippen LogP contribution in [0.5, 0.6) is 5.75 Å². The van der Waals surface area contributed by atoms with Crippen molar-refractivity contribution in [2.45, 2.75) is 18.3 Å². The number of para-hydroxylation sites is 1. The molecule has 3 rings (SSSR count). The number of fused-ring (bicyclic) bond motifs is 1. The topological polar surface area (TPSA) is 35.2 Å². The van der Waals surface area contributed by atoms with E-state index in [-0.39, 0.29) is 11.2 Å². The van der Waals surface area contributed by atoms with Crippen LogP contribution in [0.15, 0.2) is 46.9 Å². The van der Waals surface area contributed by atoms with Crippen molar-refractivity contribution in [3.05, 3.63) is 63.9 Å². The summed E-state index contributed by atoms with van der Waals surface area (Å²) in [4.78, 5) is 0. The molecule has 110 valence electrons. The first-order valence-corrected chi connectivity index (χ1v) is 7.80. The van der Waals surface area contributed by atoms with Crippen molar-refractivity contribution in [2.24, 2.45) is 5.73 Å². The third-order valence-corrected chi connectivity index (χ3v) is 4.82. The van der Waals surface area contributed by atoms with Crippen LogP contribution in [0.25, 0.3) is 0 Å². The van der Waals surface area contributed by atoms with Crippen molar-refractivity contribution in [1.82, 2.24) is 0 Å². The SMILES string of the molecule is NCC1(Cc2ccc(F)c(Br)c2)CCOc2ccccc21. The summed E-state index contributed by atoms with van der Waals surface area (Å²) in [5, 5.41) is 0. The molecule has 2 N–H and O–H groups in total. The van der Waals surface area contributed by atoms with Gasteiger partial charge >= 0.3 is 0 Å². The minimum Gasteiger partial charge on any atom is -0.493 e. The Bertz CT molecular complexity index is 661. The van der Waals surface area contributed by atoms with E-state index in [4.69, 9.17) is 10.5 Å². The maximum absolute atomic E-state index is 13.4. The molecule has 2 aromatic carbocycles. The Hall–Kier alpha value is -1.39. The Labute approximate surface area is 132 Å². The lowest BCUT2D eigenvalue weighted by atomic mass is 9.72. The number of hydrogen-bond acceptors (Lipinski definition) is 2. The van der Waals surface area contributed by atoms with Crippen molar-refractivity contribution in [3.63, 3.8) is 0 Å². The van der Waals surface area contributed by atoms with Crippen molar-refractivity contribution in [3.8, 4) is 5.75 Å². The predicted molar refractivity (Wildman–Crippen MR) is 85.1 cm³/mol. The smallest absolute Gasteiger partial charge is 0.137 e. The molecule has 2 aromatic rings. The van der Waals surface area contributed by atoms with Gasteiger partial charge in [0.25, 0.3) is 0 Å². The summed E-state index contributed by atoms with van der Waals surface area (Å²) >= 11 is 3.25. The molecule has 0 aliphatic carbocycles. The van der Waals surface area contributed by atoms with E-state index < -0.39 is 0 Å². The highest BCUT2D eigenvalue weighted by molar-refractivity contribution is 9.10. The van der Waals surface area contributed by atoms with E-state index in [2.05, 4.69) is 22.0 Å². The summed E-state index contributed by atoms with van der Waals surface area (Å²) in [6, 6.07) is 13.2. The average Bonchev–Trinajstić information content (AvgIpc) is 2.51. The van der Waals surface area contributed by atoms with Gasteiger partial charge in [-0.25, -0.2) is 4.39 Å². The molecular weight excluding hydrogens is 333 g/mol. The highest BCUT2D eigenvalue weighted by Crippen LogP contribution is 2.40. The van der Waals surface area contributed by atoms with Crippen LogP contribution >= 0.6 is 15.9 Å². The molecule has 1 unspecified atom stereocenters. The van der Waals surface area contributed by atoms with Gasteiger partial charge in [0.1, 0.15) is 11.6 Å². The summed E-state index contributed by atoms with van der Waals surface area (Å²) in [5.41, 5.74) is 8.21. The molecule has 0 amide bonds. The fourth-order valence-corrected chi connectivity index (χ4v) is 3.46. The molecule has 0 radical (unpaired) electrons. The summed E-state index contributed by atoms with van der Waals surface area (Å²) < 4.78 is 19.6. The zero-order valence-corrected chi connectivity index (χ0v) is 13.2. The molecule has 21 heavy (non-hydrogen) atoms. The van der Waals surface area contributed by atoms with Crippen LogP contribution in [0.2, 0.25) is 0 Å². The van der Waals surface area contributed by atoms with Crippen LogP contribution in [0.1, 0.15) is 17.5 Å². The van der Waals surface area contributed by atoms with Gasteiger partial charge < -0.3 is 10.5 Å². The fraction of sp³-hybridized carbons (Fsp3) is 0.294. The van der Waals surface area contributed by atoms with E-state index in [0.717, 1.165) is 29.7 Å². The minimum atomic E-state index is -0.243. The number of rotatable bonds is 3. The number of nitrogens with two attached hydrogens (primary N) is 1. The summed E-state index contributed by atoms with van der Waals surface area (Å²) in [5.74, 6) is 0.670. The summed E-state index contributed by atoms with van der Waals surface area (Å²) in [6.45, 7) is 1.21. The third-order valence-electron chi connectivity index (χ3n) is 4.21. The average molecular weight is 350 g/mol. The van der Waals surface area contributed by atoms with Crippen molar-refractivity contribution in [2.75, 3.05) is 13.2 Å². The first-order chi connectivity index (χ1) is 10.1. The van der Waals surface area contributed by atoms with E-state index in [1.165, 1.54) is 6.07 Å². The van der Waals surface area contributed by atoms with Gasteiger partial charge in [-0.1, -0.05) is 24.3 Å².